The van der Waals surface area contributed by atoms with Crippen molar-refractivity contribution in [1.29, 1.82) is 0 Å². The average Bonchev–Trinajstić information content (AvgIpc) is 2.58. The molecule has 0 bridgehead atoms. The standard InChI is InChI=1S/C18H36N2O5/c1-19-12-13-24-14-15-25-16-17(21)20-11-9-7-5-3-2-4-6-8-10-18(22)23/h19H,2-16H2,1H3,(H,20,21)(H,22,23). The number of hydrogen-bond donors (Lipinski definition) is 3. The first-order valence-corrected chi connectivity index (χ1v) is 9.45. The van der Waals surface area contributed by atoms with E-state index in [1.165, 1.54) is 6.42 Å². The van der Waals surface area contributed by atoms with Gasteiger partial charge in [-0.3, -0.25) is 9.59 Å². The zero-order valence-electron chi connectivity index (χ0n) is 15.7. The molecule has 7 nitrogen and oxygen atoms in total. The van der Waals surface area contributed by atoms with Gasteiger partial charge in [0.05, 0.1) is 19.8 Å². The molecule has 0 fully saturated rings. The molecule has 0 aromatic carbocycles. The molecule has 0 aliphatic carbocycles. The lowest BCUT2D eigenvalue weighted by Gasteiger charge is -2.07. The highest BCUT2D eigenvalue weighted by atomic mass is 16.5. The molecule has 0 radical (unpaired) electrons. The third-order valence-corrected chi connectivity index (χ3v) is 3.74. The summed E-state index contributed by atoms with van der Waals surface area (Å²) in [7, 11) is 1.87. The quantitative estimate of drug-likeness (QED) is 0.305. The predicted octanol–water partition coefficient (Wildman–Crippen LogP) is 1.95. The van der Waals surface area contributed by atoms with E-state index in [1.54, 1.807) is 0 Å². The van der Waals surface area contributed by atoms with Gasteiger partial charge in [-0.2, -0.15) is 0 Å². The Morgan fingerprint density at radius 3 is 2.04 bits per heavy atom. The largest absolute Gasteiger partial charge is 0.481 e. The Morgan fingerprint density at radius 2 is 1.40 bits per heavy atom. The van der Waals surface area contributed by atoms with Gasteiger partial charge in [0.15, 0.2) is 0 Å². The summed E-state index contributed by atoms with van der Waals surface area (Å²) in [6, 6.07) is 0. The molecule has 0 spiro atoms. The van der Waals surface area contributed by atoms with E-state index in [4.69, 9.17) is 14.6 Å². The highest BCUT2D eigenvalue weighted by molar-refractivity contribution is 5.77. The summed E-state index contributed by atoms with van der Waals surface area (Å²) in [6.45, 7) is 3.18. The van der Waals surface area contributed by atoms with E-state index >= 15 is 0 Å². The average molecular weight is 360 g/mol. The number of carboxylic acids is 1. The first-order valence-electron chi connectivity index (χ1n) is 9.45. The fraction of sp³-hybridized carbons (Fsp3) is 0.889. The van der Waals surface area contributed by atoms with Gasteiger partial charge in [0.25, 0.3) is 0 Å². The monoisotopic (exact) mass is 360 g/mol. The number of unbranched alkanes of at least 4 members (excludes halogenated alkanes) is 7. The molecular formula is C18H36N2O5. The normalized spacial score (nSPS) is 10.8. The Bertz CT molecular complexity index is 327. The molecule has 7 heteroatoms. The molecule has 0 aromatic heterocycles. The Balaban J connectivity index is 3.16. The zero-order valence-corrected chi connectivity index (χ0v) is 15.7. The Labute approximate surface area is 151 Å². The Hall–Kier alpha value is -1.18. The van der Waals surface area contributed by atoms with Crippen molar-refractivity contribution in [2.75, 3.05) is 46.6 Å². The van der Waals surface area contributed by atoms with Crippen LogP contribution in [-0.4, -0.2) is 63.5 Å². The molecule has 0 aliphatic rings. The fourth-order valence-corrected chi connectivity index (χ4v) is 2.30. The molecule has 0 rings (SSSR count). The zero-order chi connectivity index (χ0) is 18.6. The molecule has 0 saturated carbocycles. The van der Waals surface area contributed by atoms with Gasteiger partial charge in [0, 0.05) is 19.5 Å². The van der Waals surface area contributed by atoms with Crippen LogP contribution in [0.3, 0.4) is 0 Å². The number of carbonyl (C=O) groups excluding carboxylic acids is 1. The Kier molecular flexibility index (Phi) is 18.2. The maximum absolute atomic E-state index is 11.5. The first kappa shape index (κ1) is 23.8. The second kappa shape index (κ2) is 19.1. The van der Waals surface area contributed by atoms with E-state index in [9.17, 15) is 9.59 Å². The Morgan fingerprint density at radius 1 is 0.800 bits per heavy atom. The fourth-order valence-electron chi connectivity index (χ4n) is 2.30. The number of ether oxygens (including phenoxy) is 2. The van der Waals surface area contributed by atoms with Gasteiger partial charge in [-0.1, -0.05) is 38.5 Å². The van der Waals surface area contributed by atoms with Crippen LogP contribution in [0.2, 0.25) is 0 Å². The molecule has 3 N–H and O–H groups in total. The first-order chi connectivity index (χ1) is 12.2. The van der Waals surface area contributed by atoms with Crippen LogP contribution in [0, 0.1) is 0 Å². The molecule has 0 aliphatic heterocycles. The van der Waals surface area contributed by atoms with Crippen LogP contribution in [-0.2, 0) is 19.1 Å². The van der Waals surface area contributed by atoms with Gasteiger partial charge in [0.1, 0.15) is 6.61 Å². The SMILES string of the molecule is CNCCOCCOCC(=O)NCCCCCCCCCCC(=O)O. The third-order valence-electron chi connectivity index (χ3n) is 3.74. The summed E-state index contributed by atoms with van der Waals surface area (Å²) in [5, 5.41) is 14.4. The van der Waals surface area contributed by atoms with E-state index in [1.807, 2.05) is 7.05 Å². The number of likely N-dealkylation sites (N-methyl/N-ethyl adjacent to an activating group) is 1. The predicted molar refractivity (Wildman–Crippen MR) is 97.8 cm³/mol. The van der Waals surface area contributed by atoms with Crippen molar-refractivity contribution in [2.45, 2.75) is 57.8 Å². The second-order valence-electron chi connectivity index (χ2n) is 6.09. The molecule has 1 amide bonds. The van der Waals surface area contributed by atoms with Crippen LogP contribution in [0.25, 0.3) is 0 Å². The number of nitrogens with one attached hydrogen (secondary N) is 2. The van der Waals surface area contributed by atoms with E-state index in [-0.39, 0.29) is 18.9 Å². The number of amides is 1. The van der Waals surface area contributed by atoms with E-state index in [2.05, 4.69) is 10.6 Å². The number of carbonyl (C=O) groups is 2. The summed E-state index contributed by atoms with van der Waals surface area (Å²) >= 11 is 0. The number of hydrogen-bond acceptors (Lipinski definition) is 5. The lowest BCUT2D eigenvalue weighted by molar-refractivity contribution is -0.137. The van der Waals surface area contributed by atoms with Gasteiger partial charge >= 0.3 is 5.97 Å². The van der Waals surface area contributed by atoms with Crippen molar-refractivity contribution in [3.63, 3.8) is 0 Å². The van der Waals surface area contributed by atoms with Crippen LogP contribution in [0.5, 0.6) is 0 Å². The lowest BCUT2D eigenvalue weighted by Crippen LogP contribution is -2.29. The lowest BCUT2D eigenvalue weighted by atomic mass is 10.1. The van der Waals surface area contributed by atoms with Gasteiger partial charge < -0.3 is 25.2 Å². The van der Waals surface area contributed by atoms with Crippen molar-refractivity contribution in [2.24, 2.45) is 0 Å². The van der Waals surface area contributed by atoms with Gasteiger partial charge in [-0.25, -0.2) is 0 Å². The molecule has 0 atom stereocenters. The number of aliphatic carboxylic acids is 1. The minimum atomic E-state index is -0.703. The van der Waals surface area contributed by atoms with Crippen LogP contribution in [0.15, 0.2) is 0 Å². The summed E-state index contributed by atoms with van der Waals surface area (Å²) in [4.78, 5) is 21.9. The summed E-state index contributed by atoms with van der Waals surface area (Å²) < 4.78 is 10.5. The van der Waals surface area contributed by atoms with Gasteiger partial charge in [-0.15, -0.1) is 0 Å². The maximum Gasteiger partial charge on any atom is 0.303 e. The van der Waals surface area contributed by atoms with Crippen molar-refractivity contribution in [1.82, 2.24) is 10.6 Å². The van der Waals surface area contributed by atoms with Crippen LogP contribution in [0.4, 0.5) is 0 Å². The van der Waals surface area contributed by atoms with E-state index in [0.717, 1.165) is 51.5 Å². The maximum atomic E-state index is 11.5. The van der Waals surface area contributed by atoms with Crippen molar-refractivity contribution in [3.05, 3.63) is 0 Å². The molecule has 148 valence electrons. The van der Waals surface area contributed by atoms with Crippen molar-refractivity contribution < 1.29 is 24.2 Å². The van der Waals surface area contributed by atoms with E-state index < -0.39 is 5.97 Å². The third kappa shape index (κ3) is 20.8. The summed E-state index contributed by atoms with van der Waals surface area (Å²) in [6.07, 6.45) is 8.78. The molecule has 0 aromatic rings. The van der Waals surface area contributed by atoms with Crippen LogP contribution < -0.4 is 10.6 Å². The van der Waals surface area contributed by atoms with Gasteiger partial charge in [-0.05, 0) is 19.9 Å². The molecule has 25 heavy (non-hydrogen) atoms. The van der Waals surface area contributed by atoms with E-state index in [0.29, 0.717) is 26.4 Å². The summed E-state index contributed by atoms with van der Waals surface area (Å²) in [5.41, 5.74) is 0. The minimum Gasteiger partial charge on any atom is -0.481 e. The molecule has 0 saturated heterocycles. The number of rotatable bonds is 19. The highest BCUT2D eigenvalue weighted by Crippen LogP contribution is 2.09. The summed E-state index contributed by atoms with van der Waals surface area (Å²) in [5.74, 6) is -0.779. The van der Waals surface area contributed by atoms with Gasteiger partial charge in [0.2, 0.25) is 5.91 Å². The molecular weight excluding hydrogens is 324 g/mol. The minimum absolute atomic E-state index is 0.0753. The van der Waals surface area contributed by atoms with Crippen molar-refractivity contribution >= 4 is 11.9 Å². The van der Waals surface area contributed by atoms with Crippen molar-refractivity contribution in [3.8, 4) is 0 Å². The topological polar surface area (TPSA) is 96.9 Å². The second-order valence-corrected chi connectivity index (χ2v) is 6.09. The highest BCUT2D eigenvalue weighted by Gasteiger charge is 2.01. The van der Waals surface area contributed by atoms with Crippen LogP contribution in [0.1, 0.15) is 57.8 Å². The number of carboxylic acid groups (broad SMARTS) is 1. The molecule has 0 unspecified atom stereocenters. The smallest absolute Gasteiger partial charge is 0.303 e. The van der Waals surface area contributed by atoms with Crippen LogP contribution >= 0.6 is 0 Å². The molecule has 0 heterocycles.